The number of halogens is 1. The molecule has 0 aliphatic carbocycles. The Balaban J connectivity index is 2.27. The average Bonchev–Trinajstić information content (AvgIpc) is 2.71. The first-order chi connectivity index (χ1) is 8.61. The van der Waals surface area contributed by atoms with E-state index >= 15 is 0 Å². The van der Waals surface area contributed by atoms with Crippen LogP contribution >= 0.6 is 11.6 Å². The molecule has 1 aromatic carbocycles. The minimum Gasteiger partial charge on any atom is -0.312 e. The van der Waals surface area contributed by atoms with Gasteiger partial charge >= 0.3 is 5.97 Å². The zero-order chi connectivity index (χ0) is 13.1. The summed E-state index contributed by atoms with van der Waals surface area (Å²) in [4.78, 5) is 16.1. The third kappa shape index (κ3) is 2.62. The van der Waals surface area contributed by atoms with Gasteiger partial charge in [0.1, 0.15) is 5.71 Å². The Labute approximate surface area is 111 Å². The summed E-state index contributed by atoms with van der Waals surface area (Å²) in [5.41, 5.74) is 3.11. The number of benzene rings is 1. The van der Waals surface area contributed by atoms with Crippen LogP contribution in [0.3, 0.4) is 0 Å². The van der Waals surface area contributed by atoms with E-state index in [4.69, 9.17) is 11.6 Å². The van der Waals surface area contributed by atoms with E-state index in [1.807, 2.05) is 12.1 Å². The van der Waals surface area contributed by atoms with Crippen LogP contribution in [0.5, 0.6) is 0 Å². The molecule has 2 rings (SSSR count). The third-order valence-electron chi connectivity index (χ3n) is 2.81. The predicted molar refractivity (Wildman–Crippen MR) is 72.8 cm³/mol. The minimum absolute atomic E-state index is 0.168. The number of oxime groups is 1. The lowest BCUT2D eigenvalue weighted by atomic mass is 10.0. The van der Waals surface area contributed by atoms with E-state index < -0.39 is 5.97 Å². The molecule has 0 spiro atoms. The quantitative estimate of drug-likeness (QED) is 0.477. The van der Waals surface area contributed by atoms with Gasteiger partial charge in [0.25, 0.3) is 0 Å². The number of carbonyl (C=O) groups excluding carboxylic acids is 1. The Morgan fingerprint density at radius 1 is 1.33 bits per heavy atom. The van der Waals surface area contributed by atoms with Gasteiger partial charge in [0.15, 0.2) is 0 Å². The van der Waals surface area contributed by atoms with E-state index in [-0.39, 0.29) is 5.88 Å². The maximum absolute atomic E-state index is 11.5. The van der Waals surface area contributed by atoms with Crippen molar-refractivity contribution in [2.75, 3.05) is 5.88 Å². The molecule has 0 amide bonds. The first-order valence-corrected chi connectivity index (χ1v) is 6.31. The van der Waals surface area contributed by atoms with Gasteiger partial charge in [-0.25, -0.2) is 4.79 Å². The second-order valence-corrected chi connectivity index (χ2v) is 4.70. The van der Waals surface area contributed by atoms with Crippen LogP contribution in [0.25, 0.3) is 6.08 Å². The van der Waals surface area contributed by atoms with Crippen molar-refractivity contribution >= 4 is 29.4 Å². The van der Waals surface area contributed by atoms with Crippen molar-refractivity contribution in [3.8, 4) is 0 Å². The molecule has 0 fully saturated rings. The van der Waals surface area contributed by atoms with Crippen LogP contribution in [0.2, 0.25) is 0 Å². The Hall–Kier alpha value is -1.61. The van der Waals surface area contributed by atoms with E-state index in [0.29, 0.717) is 17.2 Å². The zero-order valence-electron chi connectivity index (χ0n) is 10.3. The van der Waals surface area contributed by atoms with Crippen molar-refractivity contribution < 1.29 is 9.63 Å². The van der Waals surface area contributed by atoms with Crippen molar-refractivity contribution in [3.05, 3.63) is 41.0 Å². The highest BCUT2D eigenvalue weighted by atomic mass is 35.5. The second kappa shape index (κ2) is 5.36. The smallest absolute Gasteiger partial charge is 0.312 e. The Bertz CT molecular complexity index is 515. The summed E-state index contributed by atoms with van der Waals surface area (Å²) in [6.07, 6.45) is 1.75. The summed E-state index contributed by atoms with van der Waals surface area (Å²) in [6.45, 7) is 4.28. The lowest BCUT2D eigenvalue weighted by molar-refractivity contribution is -0.136. The summed E-state index contributed by atoms with van der Waals surface area (Å²) >= 11 is 5.70. The van der Waals surface area contributed by atoms with Gasteiger partial charge in [0, 0.05) is 0 Å². The van der Waals surface area contributed by atoms with Crippen LogP contribution in [0, 0.1) is 0 Å². The molecule has 4 heteroatoms. The fourth-order valence-corrected chi connectivity index (χ4v) is 1.89. The highest BCUT2D eigenvalue weighted by Gasteiger charge is 2.24. The lowest BCUT2D eigenvalue weighted by Crippen LogP contribution is -2.06. The molecule has 1 aromatic rings. The summed E-state index contributed by atoms with van der Waals surface area (Å²) in [6, 6.07) is 8.04. The van der Waals surface area contributed by atoms with Gasteiger partial charge in [-0.05, 0) is 23.1 Å². The Morgan fingerprint density at radius 2 is 2.00 bits per heavy atom. The van der Waals surface area contributed by atoms with E-state index in [9.17, 15) is 4.79 Å². The monoisotopic (exact) mass is 263 g/mol. The molecule has 0 N–H and O–H groups in total. The number of hydrogen-bond acceptors (Lipinski definition) is 3. The van der Waals surface area contributed by atoms with Crippen LogP contribution in [0.1, 0.15) is 30.9 Å². The fourth-order valence-electron chi connectivity index (χ4n) is 1.70. The molecule has 0 atom stereocenters. The zero-order valence-corrected chi connectivity index (χ0v) is 11.1. The van der Waals surface area contributed by atoms with Crippen LogP contribution < -0.4 is 0 Å². The van der Waals surface area contributed by atoms with Crippen LogP contribution in [-0.4, -0.2) is 17.6 Å². The molecule has 0 saturated carbocycles. The van der Waals surface area contributed by atoms with E-state index in [1.54, 1.807) is 6.08 Å². The van der Waals surface area contributed by atoms with Crippen LogP contribution in [0.4, 0.5) is 0 Å². The first kappa shape index (κ1) is 12.8. The van der Waals surface area contributed by atoms with Gasteiger partial charge in [-0.2, -0.15) is 0 Å². The first-order valence-electron chi connectivity index (χ1n) is 5.78. The maximum atomic E-state index is 11.5. The van der Waals surface area contributed by atoms with Crippen molar-refractivity contribution in [2.45, 2.75) is 19.8 Å². The summed E-state index contributed by atoms with van der Waals surface area (Å²) in [5, 5.41) is 3.63. The molecular weight excluding hydrogens is 250 g/mol. The molecule has 94 valence electrons. The summed E-state index contributed by atoms with van der Waals surface area (Å²) in [7, 11) is 0. The van der Waals surface area contributed by atoms with Crippen molar-refractivity contribution in [1.29, 1.82) is 0 Å². The number of carbonyl (C=O) groups is 1. The molecule has 0 aromatic heterocycles. The molecule has 1 aliphatic rings. The van der Waals surface area contributed by atoms with Gasteiger partial charge in [-0.15, -0.1) is 11.6 Å². The Morgan fingerprint density at radius 3 is 2.56 bits per heavy atom. The minimum atomic E-state index is -0.446. The molecule has 0 saturated heterocycles. The normalized spacial score (nSPS) is 17.2. The SMILES string of the molecule is CC(C)c1ccc(C=C2C(=O)ON=C2CCl)cc1. The molecule has 0 bridgehead atoms. The van der Waals surface area contributed by atoms with E-state index in [1.165, 1.54) is 5.56 Å². The molecule has 3 nitrogen and oxygen atoms in total. The number of rotatable bonds is 3. The maximum Gasteiger partial charge on any atom is 0.367 e. The lowest BCUT2D eigenvalue weighted by Gasteiger charge is -2.05. The topological polar surface area (TPSA) is 38.7 Å². The van der Waals surface area contributed by atoms with Gasteiger partial charge in [0.2, 0.25) is 0 Å². The molecule has 0 unspecified atom stereocenters. The van der Waals surface area contributed by atoms with Crippen LogP contribution in [-0.2, 0) is 9.63 Å². The number of alkyl halides is 1. The Kier molecular flexibility index (Phi) is 3.82. The predicted octanol–water partition coefficient (Wildman–Crippen LogP) is 3.35. The van der Waals surface area contributed by atoms with Gasteiger partial charge in [-0.1, -0.05) is 43.3 Å². The van der Waals surface area contributed by atoms with Crippen LogP contribution in [0.15, 0.2) is 35.0 Å². The van der Waals surface area contributed by atoms with Gasteiger partial charge in [0.05, 0.1) is 11.5 Å². The van der Waals surface area contributed by atoms with Gasteiger partial charge in [-0.3, -0.25) is 0 Å². The number of hydrogen-bond donors (Lipinski definition) is 0. The highest BCUT2D eigenvalue weighted by Crippen LogP contribution is 2.19. The highest BCUT2D eigenvalue weighted by molar-refractivity contribution is 6.38. The van der Waals surface area contributed by atoms with Crippen molar-refractivity contribution in [1.82, 2.24) is 0 Å². The molecular formula is C14H14ClNO2. The summed E-state index contributed by atoms with van der Waals surface area (Å²) in [5.74, 6) is 0.212. The molecule has 1 heterocycles. The average molecular weight is 264 g/mol. The fraction of sp³-hybridized carbons (Fsp3) is 0.286. The van der Waals surface area contributed by atoms with Crippen molar-refractivity contribution in [3.63, 3.8) is 0 Å². The van der Waals surface area contributed by atoms with Gasteiger partial charge < -0.3 is 4.84 Å². The molecule has 1 aliphatic heterocycles. The van der Waals surface area contributed by atoms with E-state index in [2.05, 4.69) is 36.0 Å². The van der Waals surface area contributed by atoms with Crippen molar-refractivity contribution in [2.24, 2.45) is 5.16 Å². The standard InChI is InChI=1S/C14H14ClNO2/c1-9(2)11-5-3-10(4-6-11)7-12-13(8-15)16-18-14(12)17/h3-7,9H,8H2,1-2H3. The summed E-state index contributed by atoms with van der Waals surface area (Å²) < 4.78 is 0. The van der Waals surface area contributed by atoms with E-state index in [0.717, 1.165) is 5.56 Å². The third-order valence-corrected chi connectivity index (χ3v) is 3.06. The molecule has 0 radical (unpaired) electrons. The molecule has 18 heavy (non-hydrogen) atoms. The largest absolute Gasteiger partial charge is 0.367 e. The second-order valence-electron chi connectivity index (χ2n) is 4.43. The number of nitrogens with zero attached hydrogens (tertiary/aromatic N) is 1.